The SMILES string of the molecule is COC(=O)C(CNC(=O)OC(C)(C)C)NCc1ccccc1. The molecule has 0 heterocycles. The molecule has 0 saturated carbocycles. The van der Waals surface area contributed by atoms with Gasteiger partial charge in [-0.3, -0.25) is 10.1 Å². The Labute approximate surface area is 131 Å². The Kier molecular flexibility index (Phi) is 6.85. The minimum Gasteiger partial charge on any atom is -0.468 e. The van der Waals surface area contributed by atoms with Gasteiger partial charge in [-0.15, -0.1) is 0 Å². The molecule has 0 aliphatic rings. The fourth-order valence-corrected chi connectivity index (χ4v) is 1.72. The van der Waals surface area contributed by atoms with E-state index >= 15 is 0 Å². The van der Waals surface area contributed by atoms with Gasteiger partial charge in [0.1, 0.15) is 11.6 Å². The molecule has 0 fully saturated rings. The summed E-state index contributed by atoms with van der Waals surface area (Å²) < 4.78 is 9.87. The van der Waals surface area contributed by atoms with Gasteiger partial charge in [0.2, 0.25) is 0 Å². The number of nitrogens with one attached hydrogen (secondary N) is 2. The first-order chi connectivity index (χ1) is 10.3. The van der Waals surface area contributed by atoms with Crippen molar-refractivity contribution in [3.8, 4) is 0 Å². The number of hydrogen-bond acceptors (Lipinski definition) is 5. The summed E-state index contributed by atoms with van der Waals surface area (Å²) in [6.45, 7) is 5.92. The van der Waals surface area contributed by atoms with Gasteiger partial charge in [0, 0.05) is 13.1 Å². The van der Waals surface area contributed by atoms with Crippen molar-refractivity contribution < 1.29 is 19.1 Å². The lowest BCUT2D eigenvalue weighted by atomic mass is 10.2. The Morgan fingerprint density at radius 1 is 1.18 bits per heavy atom. The van der Waals surface area contributed by atoms with Gasteiger partial charge in [-0.05, 0) is 26.3 Å². The molecular formula is C16H24N2O4. The zero-order valence-electron chi connectivity index (χ0n) is 13.5. The highest BCUT2D eigenvalue weighted by atomic mass is 16.6. The molecule has 0 aromatic heterocycles. The van der Waals surface area contributed by atoms with Crippen LogP contribution in [-0.4, -0.2) is 37.4 Å². The van der Waals surface area contributed by atoms with Gasteiger partial charge in [-0.1, -0.05) is 30.3 Å². The van der Waals surface area contributed by atoms with E-state index in [9.17, 15) is 9.59 Å². The second-order valence-corrected chi connectivity index (χ2v) is 5.83. The molecule has 122 valence electrons. The highest BCUT2D eigenvalue weighted by molar-refractivity contribution is 5.77. The Bertz CT molecular complexity index is 483. The van der Waals surface area contributed by atoms with Crippen LogP contribution in [0.3, 0.4) is 0 Å². The van der Waals surface area contributed by atoms with Crippen molar-refractivity contribution in [2.75, 3.05) is 13.7 Å². The molecule has 1 atom stereocenters. The predicted molar refractivity (Wildman–Crippen MR) is 83.3 cm³/mol. The predicted octanol–water partition coefficient (Wildman–Crippen LogP) is 1.84. The molecule has 22 heavy (non-hydrogen) atoms. The minimum absolute atomic E-state index is 0.0917. The second kappa shape index (κ2) is 8.38. The molecule has 1 rings (SSSR count). The Morgan fingerprint density at radius 2 is 1.82 bits per heavy atom. The third-order valence-electron chi connectivity index (χ3n) is 2.73. The van der Waals surface area contributed by atoms with Crippen LogP contribution in [0.1, 0.15) is 26.3 Å². The summed E-state index contributed by atoms with van der Waals surface area (Å²) >= 11 is 0. The third-order valence-corrected chi connectivity index (χ3v) is 2.73. The topological polar surface area (TPSA) is 76.7 Å². The first-order valence-electron chi connectivity index (χ1n) is 7.14. The van der Waals surface area contributed by atoms with E-state index in [1.165, 1.54) is 7.11 Å². The fraction of sp³-hybridized carbons (Fsp3) is 0.500. The van der Waals surface area contributed by atoms with Crippen molar-refractivity contribution in [2.45, 2.75) is 39.0 Å². The van der Waals surface area contributed by atoms with Crippen LogP contribution in [0.15, 0.2) is 30.3 Å². The smallest absolute Gasteiger partial charge is 0.407 e. The van der Waals surface area contributed by atoms with Gasteiger partial charge in [0.15, 0.2) is 0 Å². The van der Waals surface area contributed by atoms with Crippen molar-refractivity contribution in [1.82, 2.24) is 10.6 Å². The molecular weight excluding hydrogens is 284 g/mol. The van der Waals surface area contributed by atoms with E-state index in [0.29, 0.717) is 6.54 Å². The fourth-order valence-electron chi connectivity index (χ4n) is 1.72. The molecule has 0 bridgehead atoms. The van der Waals surface area contributed by atoms with Gasteiger partial charge in [0.25, 0.3) is 0 Å². The van der Waals surface area contributed by atoms with E-state index in [-0.39, 0.29) is 6.54 Å². The standard InChI is InChI=1S/C16H24N2O4/c1-16(2,3)22-15(20)18-11-13(14(19)21-4)17-10-12-8-6-5-7-9-12/h5-9,13,17H,10-11H2,1-4H3,(H,18,20). The summed E-state index contributed by atoms with van der Waals surface area (Å²) in [6.07, 6.45) is -0.567. The number of benzene rings is 1. The Morgan fingerprint density at radius 3 is 2.36 bits per heavy atom. The van der Waals surface area contributed by atoms with Crippen LogP contribution in [-0.2, 0) is 20.8 Å². The maximum atomic E-state index is 11.8. The minimum atomic E-state index is -0.641. The lowest BCUT2D eigenvalue weighted by Gasteiger charge is -2.21. The summed E-state index contributed by atoms with van der Waals surface area (Å²) in [5.41, 5.74) is 0.455. The number of methoxy groups -OCH3 is 1. The van der Waals surface area contributed by atoms with Gasteiger partial charge in [-0.25, -0.2) is 4.79 Å². The van der Waals surface area contributed by atoms with Crippen LogP contribution in [0.2, 0.25) is 0 Å². The van der Waals surface area contributed by atoms with Gasteiger partial charge in [-0.2, -0.15) is 0 Å². The first-order valence-corrected chi connectivity index (χ1v) is 7.14. The largest absolute Gasteiger partial charge is 0.468 e. The molecule has 1 amide bonds. The molecule has 1 unspecified atom stereocenters. The first kappa shape index (κ1) is 18.0. The summed E-state index contributed by atoms with van der Waals surface area (Å²) in [5, 5.41) is 5.63. The molecule has 6 nitrogen and oxygen atoms in total. The maximum absolute atomic E-state index is 11.8. The number of rotatable bonds is 6. The van der Waals surface area contributed by atoms with Gasteiger partial charge < -0.3 is 14.8 Å². The summed E-state index contributed by atoms with van der Waals surface area (Å²) in [6, 6.07) is 9.01. The lowest BCUT2D eigenvalue weighted by Crippen LogP contribution is -2.47. The van der Waals surface area contributed by atoms with Crippen molar-refractivity contribution in [1.29, 1.82) is 0 Å². The molecule has 0 saturated heterocycles. The highest BCUT2D eigenvalue weighted by Gasteiger charge is 2.21. The number of carbonyl (C=O) groups excluding carboxylic acids is 2. The van der Waals surface area contributed by atoms with Crippen molar-refractivity contribution in [2.24, 2.45) is 0 Å². The second-order valence-electron chi connectivity index (χ2n) is 5.83. The Balaban J connectivity index is 2.51. The lowest BCUT2D eigenvalue weighted by molar-refractivity contribution is -0.143. The van der Waals surface area contributed by atoms with E-state index in [2.05, 4.69) is 10.6 Å². The number of hydrogen-bond donors (Lipinski definition) is 2. The van der Waals surface area contributed by atoms with Crippen LogP contribution in [0.4, 0.5) is 4.79 Å². The average molecular weight is 308 g/mol. The summed E-state index contributed by atoms with van der Waals surface area (Å²) in [4.78, 5) is 23.4. The van der Waals surface area contributed by atoms with Crippen LogP contribution >= 0.6 is 0 Å². The number of alkyl carbamates (subject to hydrolysis) is 1. The van der Waals surface area contributed by atoms with Crippen LogP contribution in [0.5, 0.6) is 0 Å². The molecule has 2 N–H and O–H groups in total. The van der Waals surface area contributed by atoms with Crippen LogP contribution in [0.25, 0.3) is 0 Å². The highest BCUT2D eigenvalue weighted by Crippen LogP contribution is 2.06. The van der Waals surface area contributed by atoms with Gasteiger partial charge >= 0.3 is 12.1 Å². The van der Waals surface area contributed by atoms with E-state index in [1.807, 2.05) is 30.3 Å². The molecule has 1 aromatic rings. The number of esters is 1. The molecule has 6 heteroatoms. The van der Waals surface area contributed by atoms with Crippen molar-refractivity contribution in [3.05, 3.63) is 35.9 Å². The van der Waals surface area contributed by atoms with Crippen LogP contribution < -0.4 is 10.6 Å². The zero-order chi connectivity index (χ0) is 16.6. The normalized spacial score (nSPS) is 12.4. The monoisotopic (exact) mass is 308 g/mol. The van der Waals surface area contributed by atoms with Gasteiger partial charge in [0.05, 0.1) is 7.11 Å². The van der Waals surface area contributed by atoms with E-state index in [0.717, 1.165) is 5.56 Å². The van der Waals surface area contributed by atoms with E-state index in [4.69, 9.17) is 9.47 Å². The Hall–Kier alpha value is -2.08. The number of ether oxygens (including phenoxy) is 2. The molecule has 0 spiro atoms. The summed E-state index contributed by atoms with van der Waals surface area (Å²) in [7, 11) is 1.31. The average Bonchev–Trinajstić information content (AvgIpc) is 2.45. The molecule has 0 aliphatic carbocycles. The van der Waals surface area contributed by atoms with Crippen LogP contribution in [0, 0.1) is 0 Å². The molecule has 0 aliphatic heterocycles. The molecule has 0 radical (unpaired) electrons. The third kappa shape index (κ3) is 7.08. The van der Waals surface area contributed by atoms with E-state index < -0.39 is 23.7 Å². The van der Waals surface area contributed by atoms with Crippen molar-refractivity contribution in [3.63, 3.8) is 0 Å². The number of carbonyl (C=O) groups is 2. The zero-order valence-corrected chi connectivity index (χ0v) is 13.5. The van der Waals surface area contributed by atoms with E-state index in [1.54, 1.807) is 20.8 Å². The number of amides is 1. The molecule has 1 aromatic carbocycles. The van der Waals surface area contributed by atoms with Crippen molar-refractivity contribution >= 4 is 12.1 Å². The quantitative estimate of drug-likeness (QED) is 0.784. The summed E-state index contributed by atoms with van der Waals surface area (Å²) in [5.74, 6) is -0.438. The maximum Gasteiger partial charge on any atom is 0.407 e.